The number of nitriles is 1. The quantitative estimate of drug-likeness (QED) is 0.941. The minimum absolute atomic E-state index is 0.659. The van der Waals surface area contributed by atoms with Gasteiger partial charge in [0.2, 0.25) is 0 Å². The Bertz CT molecular complexity index is 531. The third kappa shape index (κ3) is 3.29. The Labute approximate surface area is 112 Å². The van der Waals surface area contributed by atoms with Gasteiger partial charge >= 0.3 is 0 Å². The highest BCUT2D eigenvalue weighted by Gasteiger charge is 2.02. The van der Waals surface area contributed by atoms with Crippen molar-refractivity contribution in [3.8, 4) is 6.07 Å². The first kappa shape index (κ1) is 12.1. The van der Waals surface area contributed by atoms with Crippen molar-refractivity contribution >= 4 is 33.0 Å². The van der Waals surface area contributed by atoms with E-state index in [1.165, 1.54) is 0 Å². The summed E-state index contributed by atoms with van der Waals surface area (Å²) >= 11 is 4.99. The van der Waals surface area contributed by atoms with Gasteiger partial charge in [-0.1, -0.05) is 15.9 Å². The van der Waals surface area contributed by atoms with Gasteiger partial charge in [0.05, 0.1) is 22.5 Å². The van der Waals surface area contributed by atoms with E-state index in [4.69, 9.17) is 5.26 Å². The Morgan fingerprint density at radius 2 is 2.35 bits per heavy atom. The number of nitrogens with one attached hydrogen (secondary N) is 1. The van der Waals surface area contributed by atoms with Gasteiger partial charge < -0.3 is 5.32 Å². The number of benzene rings is 1. The van der Waals surface area contributed by atoms with Crippen LogP contribution in [-0.4, -0.2) is 11.5 Å². The number of aromatic nitrogens is 1. The van der Waals surface area contributed by atoms with Crippen molar-refractivity contribution in [2.24, 2.45) is 0 Å². The second-order valence-electron chi connectivity index (χ2n) is 3.46. The van der Waals surface area contributed by atoms with Gasteiger partial charge in [0.1, 0.15) is 6.07 Å². The molecule has 0 unspecified atom stereocenters. The van der Waals surface area contributed by atoms with Crippen molar-refractivity contribution in [3.05, 3.63) is 44.8 Å². The van der Waals surface area contributed by atoms with Gasteiger partial charge in [0.25, 0.3) is 0 Å². The van der Waals surface area contributed by atoms with Crippen molar-refractivity contribution in [1.29, 1.82) is 5.26 Å². The van der Waals surface area contributed by atoms with E-state index < -0.39 is 0 Å². The molecule has 0 bridgehead atoms. The third-order valence-electron chi connectivity index (χ3n) is 2.28. The summed E-state index contributed by atoms with van der Waals surface area (Å²) in [5.41, 5.74) is 4.43. The normalized spacial score (nSPS) is 9.88. The van der Waals surface area contributed by atoms with Crippen LogP contribution in [0, 0.1) is 11.3 Å². The molecular weight excluding hydrogens is 298 g/mol. The highest BCUT2D eigenvalue weighted by Crippen LogP contribution is 2.20. The molecule has 0 amide bonds. The highest BCUT2D eigenvalue weighted by molar-refractivity contribution is 9.10. The van der Waals surface area contributed by atoms with E-state index in [0.717, 1.165) is 28.8 Å². The van der Waals surface area contributed by atoms with E-state index >= 15 is 0 Å². The van der Waals surface area contributed by atoms with Crippen LogP contribution < -0.4 is 5.32 Å². The first-order valence-electron chi connectivity index (χ1n) is 5.10. The molecule has 1 N–H and O–H groups in total. The van der Waals surface area contributed by atoms with Crippen LogP contribution in [0.2, 0.25) is 0 Å². The number of thiazole rings is 1. The van der Waals surface area contributed by atoms with Crippen molar-refractivity contribution < 1.29 is 0 Å². The molecule has 17 heavy (non-hydrogen) atoms. The monoisotopic (exact) mass is 307 g/mol. The van der Waals surface area contributed by atoms with Gasteiger partial charge in [0, 0.05) is 22.8 Å². The molecule has 1 aromatic carbocycles. The average Bonchev–Trinajstić information content (AvgIpc) is 2.82. The van der Waals surface area contributed by atoms with Crippen molar-refractivity contribution in [2.75, 3.05) is 11.9 Å². The van der Waals surface area contributed by atoms with Gasteiger partial charge in [-0.25, -0.2) is 4.98 Å². The Kier molecular flexibility index (Phi) is 4.13. The van der Waals surface area contributed by atoms with E-state index in [-0.39, 0.29) is 0 Å². The Morgan fingerprint density at radius 1 is 1.47 bits per heavy atom. The van der Waals surface area contributed by atoms with Crippen LogP contribution in [-0.2, 0) is 6.42 Å². The largest absolute Gasteiger partial charge is 0.384 e. The molecule has 0 aliphatic heterocycles. The molecule has 86 valence electrons. The maximum Gasteiger partial charge on any atom is 0.101 e. The van der Waals surface area contributed by atoms with Gasteiger partial charge in [-0.3, -0.25) is 0 Å². The van der Waals surface area contributed by atoms with Gasteiger partial charge in [-0.15, -0.1) is 11.3 Å². The summed E-state index contributed by atoms with van der Waals surface area (Å²) in [6.45, 7) is 0.773. The van der Waals surface area contributed by atoms with Crippen LogP contribution in [0.25, 0.3) is 0 Å². The molecule has 0 aliphatic carbocycles. The van der Waals surface area contributed by atoms with E-state index in [1.54, 1.807) is 17.4 Å². The summed E-state index contributed by atoms with van der Waals surface area (Å²) in [5, 5.41) is 14.3. The Morgan fingerprint density at radius 3 is 3.06 bits per heavy atom. The number of hydrogen-bond acceptors (Lipinski definition) is 4. The second kappa shape index (κ2) is 5.80. The van der Waals surface area contributed by atoms with Crippen LogP contribution in [0.5, 0.6) is 0 Å². The first-order chi connectivity index (χ1) is 8.29. The SMILES string of the molecule is N#Cc1ccc(Br)cc1NCCc1cscn1. The first-order valence-corrected chi connectivity index (χ1v) is 6.84. The average molecular weight is 308 g/mol. The maximum atomic E-state index is 8.98. The van der Waals surface area contributed by atoms with Crippen LogP contribution in [0.3, 0.4) is 0 Å². The number of anilines is 1. The highest BCUT2D eigenvalue weighted by atomic mass is 79.9. The van der Waals surface area contributed by atoms with Crippen LogP contribution in [0.4, 0.5) is 5.69 Å². The minimum atomic E-state index is 0.659. The van der Waals surface area contributed by atoms with Crippen molar-refractivity contribution in [2.45, 2.75) is 6.42 Å². The zero-order valence-electron chi connectivity index (χ0n) is 8.98. The molecule has 0 radical (unpaired) electrons. The van der Waals surface area contributed by atoms with Gasteiger partial charge in [0.15, 0.2) is 0 Å². The molecule has 0 spiro atoms. The van der Waals surface area contributed by atoms with Crippen molar-refractivity contribution in [3.63, 3.8) is 0 Å². The van der Waals surface area contributed by atoms with E-state index in [0.29, 0.717) is 5.56 Å². The Hall–Kier alpha value is -1.38. The Balaban J connectivity index is 1.99. The summed E-state index contributed by atoms with van der Waals surface area (Å²) in [6.07, 6.45) is 0.862. The lowest BCUT2D eigenvalue weighted by molar-refractivity contribution is 0.976. The molecule has 0 saturated heterocycles. The molecule has 1 heterocycles. The van der Waals surface area contributed by atoms with Gasteiger partial charge in [-0.05, 0) is 18.2 Å². The van der Waals surface area contributed by atoms with E-state index in [1.807, 2.05) is 23.0 Å². The smallest absolute Gasteiger partial charge is 0.101 e. The fourth-order valence-corrected chi connectivity index (χ4v) is 2.40. The molecule has 0 fully saturated rings. The fraction of sp³-hybridized carbons (Fsp3) is 0.167. The van der Waals surface area contributed by atoms with Gasteiger partial charge in [-0.2, -0.15) is 5.26 Å². The second-order valence-corrected chi connectivity index (χ2v) is 5.09. The fourth-order valence-electron chi connectivity index (χ4n) is 1.45. The summed E-state index contributed by atoms with van der Waals surface area (Å²) in [4.78, 5) is 4.21. The predicted octanol–water partition coefficient (Wildman–Crippen LogP) is 3.43. The topological polar surface area (TPSA) is 48.7 Å². The summed E-state index contributed by atoms with van der Waals surface area (Å²) in [5.74, 6) is 0. The number of halogens is 1. The molecule has 2 aromatic rings. The van der Waals surface area contributed by atoms with Crippen LogP contribution in [0.1, 0.15) is 11.3 Å². The summed E-state index contributed by atoms with van der Waals surface area (Å²) in [7, 11) is 0. The predicted molar refractivity (Wildman–Crippen MR) is 73.2 cm³/mol. The van der Waals surface area contributed by atoms with Crippen LogP contribution in [0.15, 0.2) is 33.6 Å². The number of hydrogen-bond donors (Lipinski definition) is 1. The third-order valence-corrected chi connectivity index (χ3v) is 3.41. The molecule has 0 saturated carbocycles. The lowest BCUT2D eigenvalue weighted by Crippen LogP contribution is -2.06. The molecule has 1 aromatic heterocycles. The standard InChI is InChI=1S/C12H10BrN3S/c13-10-2-1-9(6-14)12(5-10)15-4-3-11-7-17-8-16-11/h1-2,5,7-8,15H,3-4H2. The zero-order valence-corrected chi connectivity index (χ0v) is 11.4. The van der Waals surface area contributed by atoms with Crippen LogP contribution >= 0.6 is 27.3 Å². The maximum absolute atomic E-state index is 8.98. The number of rotatable bonds is 4. The zero-order chi connectivity index (χ0) is 12.1. The molecule has 3 nitrogen and oxygen atoms in total. The lowest BCUT2D eigenvalue weighted by atomic mass is 10.2. The summed E-state index contributed by atoms with van der Waals surface area (Å²) in [6, 6.07) is 7.75. The molecule has 0 atom stereocenters. The lowest BCUT2D eigenvalue weighted by Gasteiger charge is -2.07. The molecule has 5 heteroatoms. The number of nitrogens with zero attached hydrogens (tertiary/aromatic N) is 2. The van der Waals surface area contributed by atoms with Crippen molar-refractivity contribution in [1.82, 2.24) is 4.98 Å². The molecule has 0 aliphatic rings. The minimum Gasteiger partial charge on any atom is -0.384 e. The molecular formula is C12H10BrN3S. The molecule has 2 rings (SSSR count). The summed E-state index contributed by atoms with van der Waals surface area (Å²) < 4.78 is 0.965. The van der Waals surface area contributed by atoms with E-state index in [2.05, 4.69) is 32.3 Å². The van der Waals surface area contributed by atoms with E-state index in [9.17, 15) is 0 Å².